The number of hydrogen-bond acceptors (Lipinski definition) is 3. The van der Waals surface area contributed by atoms with Crippen molar-refractivity contribution in [1.82, 2.24) is 16.0 Å². The third kappa shape index (κ3) is 6.64. The first kappa shape index (κ1) is 18.7. The van der Waals surface area contributed by atoms with E-state index < -0.39 is 0 Å². The summed E-state index contributed by atoms with van der Waals surface area (Å²) in [5.41, 5.74) is 0.706. The van der Waals surface area contributed by atoms with Gasteiger partial charge >= 0.3 is 6.03 Å². The van der Waals surface area contributed by atoms with Crippen LogP contribution in [0.5, 0.6) is 0 Å². The third-order valence-corrected chi connectivity index (χ3v) is 3.69. The number of benzene rings is 1. The lowest BCUT2D eigenvalue weighted by Crippen LogP contribution is -2.38. The molecule has 8 heteroatoms. The molecule has 1 aliphatic rings. The number of nitrogens with one attached hydrogen (secondary N) is 4. The van der Waals surface area contributed by atoms with Gasteiger partial charge in [-0.25, -0.2) is 4.79 Å². The van der Waals surface area contributed by atoms with Crippen LogP contribution in [0.25, 0.3) is 0 Å². The van der Waals surface area contributed by atoms with Crippen LogP contribution in [-0.2, 0) is 4.79 Å². The lowest BCUT2D eigenvalue weighted by molar-refractivity contribution is -0.121. The maximum atomic E-state index is 11.7. The summed E-state index contributed by atoms with van der Waals surface area (Å²) in [5, 5.41) is 11.5. The Morgan fingerprint density at radius 3 is 2.64 bits per heavy atom. The van der Waals surface area contributed by atoms with Gasteiger partial charge in [0.1, 0.15) is 0 Å². The number of urea groups is 1. The Morgan fingerprint density at radius 1 is 1.27 bits per heavy atom. The Kier molecular flexibility index (Phi) is 8.22. The highest BCUT2D eigenvalue weighted by molar-refractivity contribution is 9.10. The number of rotatable bonds is 5. The highest BCUT2D eigenvalue weighted by atomic mass is 79.9. The topological polar surface area (TPSA) is 82.3 Å². The lowest BCUT2D eigenvalue weighted by Gasteiger charge is -2.11. The molecule has 1 unspecified atom stereocenters. The van der Waals surface area contributed by atoms with Gasteiger partial charge in [-0.2, -0.15) is 0 Å². The molecule has 22 heavy (non-hydrogen) atoms. The molecule has 122 valence electrons. The van der Waals surface area contributed by atoms with E-state index in [2.05, 4.69) is 37.2 Å². The van der Waals surface area contributed by atoms with E-state index in [1.807, 2.05) is 12.1 Å². The lowest BCUT2D eigenvalue weighted by atomic mass is 10.2. The summed E-state index contributed by atoms with van der Waals surface area (Å²) < 4.78 is 0.950. The Balaban J connectivity index is 0.00000242. The standard InChI is InChI=1S/C14H19BrN4O2.ClH/c15-10-1-3-11(4-2-10)19-14(21)17-8-6-13(20)18-12-5-7-16-9-12;/h1-4,12,16H,5-9H2,(H,18,20)(H2,17,19,21);1H. The SMILES string of the molecule is Cl.O=C(CCNC(=O)Nc1ccc(Br)cc1)NC1CCNC1. The summed E-state index contributed by atoms with van der Waals surface area (Å²) in [6.45, 7) is 2.08. The van der Waals surface area contributed by atoms with Gasteiger partial charge in [0.2, 0.25) is 5.91 Å². The van der Waals surface area contributed by atoms with Gasteiger partial charge in [0, 0.05) is 35.7 Å². The number of hydrogen-bond donors (Lipinski definition) is 4. The molecule has 2 rings (SSSR count). The molecular formula is C14H20BrClN4O2. The molecule has 4 N–H and O–H groups in total. The van der Waals surface area contributed by atoms with Gasteiger partial charge in [0.15, 0.2) is 0 Å². The van der Waals surface area contributed by atoms with E-state index in [9.17, 15) is 9.59 Å². The molecule has 0 saturated carbocycles. The van der Waals surface area contributed by atoms with Crippen LogP contribution in [0.3, 0.4) is 0 Å². The molecule has 1 fully saturated rings. The summed E-state index contributed by atoms with van der Waals surface area (Å²) in [4.78, 5) is 23.3. The first-order valence-electron chi connectivity index (χ1n) is 6.94. The monoisotopic (exact) mass is 390 g/mol. The molecule has 0 spiro atoms. The number of halogens is 2. The third-order valence-electron chi connectivity index (χ3n) is 3.17. The van der Waals surface area contributed by atoms with Gasteiger partial charge in [0.25, 0.3) is 0 Å². The fourth-order valence-electron chi connectivity index (χ4n) is 2.08. The molecule has 1 aromatic rings. The van der Waals surface area contributed by atoms with Gasteiger partial charge in [0.05, 0.1) is 0 Å². The van der Waals surface area contributed by atoms with Crippen LogP contribution in [0, 0.1) is 0 Å². The minimum atomic E-state index is -0.312. The largest absolute Gasteiger partial charge is 0.352 e. The quantitative estimate of drug-likeness (QED) is 0.618. The normalized spacial score (nSPS) is 16.5. The van der Waals surface area contributed by atoms with Crippen LogP contribution in [0.1, 0.15) is 12.8 Å². The van der Waals surface area contributed by atoms with E-state index in [0.29, 0.717) is 12.2 Å². The molecule has 1 atom stereocenters. The van der Waals surface area contributed by atoms with Crippen LogP contribution in [0.2, 0.25) is 0 Å². The fourth-order valence-corrected chi connectivity index (χ4v) is 2.34. The predicted molar refractivity (Wildman–Crippen MR) is 92.4 cm³/mol. The number of carbonyl (C=O) groups is 2. The highest BCUT2D eigenvalue weighted by Gasteiger charge is 2.16. The van der Waals surface area contributed by atoms with Crippen molar-refractivity contribution in [3.63, 3.8) is 0 Å². The van der Waals surface area contributed by atoms with Gasteiger partial charge in [-0.3, -0.25) is 4.79 Å². The van der Waals surface area contributed by atoms with E-state index in [4.69, 9.17) is 0 Å². The summed E-state index contributed by atoms with van der Waals surface area (Å²) >= 11 is 3.33. The second-order valence-corrected chi connectivity index (χ2v) is 5.81. The van der Waals surface area contributed by atoms with Crippen molar-refractivity contribution in [3.8, 4) is 0 Å². The summed E-state index contributed by atoms with van der Waals surface area (Å²) in [6.07, 6.45) is 1.24. The van der Waals surface area contributed by atoms with Crippen LogP contribution in [0.4, 0.5) is 10.5 Å². The summed E-state index contributed by atoms with van der Waals surface area (Å²) in [5.74, 6) is -0.0346. The van der Waals surface area contributed by atoms with Crippen LogP contribution >= 0.6 is 28.3 Å². The van der Waals surface area contributed by atoms with Crippen molar-refractivity contribution in [2.45, 2.75) is 18.9 Å². The predicted octanol–water partition coefficient (Wildman–Crippen LogP) is 1.86. The zero-order chi connectivity index (χ0) is 15.1. The minimum Gasteiger partial charge on any atom is -0.352 e. The Morgan fingerprint density at radius 2 is 2.00 bits per heavy atom. The average Bonchev–Trinajstić information content (AvgIpc) is 2.94. The minimum absolute atomic E-state index is 0. The van der Waals surface area contributed by atoms with Gasteiger partial charge in [-0.15, -0.1) is 12.4 Å². The van der Waals surface area contributed by atoms with Crippen molar-refractivity contribution in [2.24, 2.45) is 0 Å². The van der Waals surface area contributed by atoms with E-state index >= 15 is 0 Å². The maximum absolute atomic E-state index is 11.7. The van der Waals surface area contributed by atoms with Gasteiger partial charge in [-0.05, 0) is 37.2 Å². The molecule has 1 heterocycles. The van der Waals surface area contributed by atoms with E-state index in [1.54, 1.807) is 12.1 Å². The molecular weight excluding hydrogens is 372 g/mol. The molecule has 0 aliphatic carbocycles. The van der Waals surface area contributed by atoms with Crippen LogP contribution in [-0.4, -0.2) is 37.6 Å². The van der Waals surface area contributed by atoms with E-state index in [1.165, 1.54) is 0 Å². The number of anilines is 1. The molecule has 1 aliphatic heterocycles. The molecule has 0 bridgehead atoms. The molecule has 1 saturated heterocycles. The summed E-state index contributed by atoms with van der Waals surface area (Å²) in [6, 6.07) is 7.19. The first-order chi connectivity index (χ1) is 10.1. The average molecular weight is 392 g/mol. The zero-order valence-corrected chi connectivity index (χ0v) is 14.4. The van der Waals surface area contributed by atoms with E-state index in [0.717, 1.165) is 24.0 Å². The van der Waals surface area contributed by atoms with Crippen molar-refractivity contribution >= 4 is 46.0 Å². The van der Waals surface area contributed by atoms with Gasteiger partial charge < -0.3 is 21.3 Å². The Hall–Kier alpha value is -1.31. The molecule has 0 aromatic heterocycles. The second kappa shape index (κ2) is 9.66. The highest BCUT2D eigenvalue weighted by Crippen LogP contribution is 2.13. The molecule has 0 radical (unpaired) electrons. The number of carbonyl (C=O) groups excluding carboxylic acids is 2. The van der Waals surface area contributed by atoms with Crippen molar-refractivity contribution in [3.05, 3.63) is 28.7 Å². The molecule has 1 aromatic carbocycles. The van der Waals surface area contributed by atoms with E-state index in [-0.39, 0.29) is 36.8 Å². The van der Waals surface area contributed by atoms with Crippen LogP contribution in [0.15, 0.2) is 28.7 Å². The second-order valence-electron chi connectivity index (χ2n) is 4.90. The maximum Gasteiger partial charge on any atom is 0.319 e. The summed E-state index contributed by atoms with van der Waals surface area (Å²) in [7, 11) is 0. The number of amides is 3. The molecule has 3 amide bonds. The van der Waals surface area contributed by atoms with Crippen molar-refractivity contribution < 1.29 is 9.59 Å². The molecule has 6 nitrogen and oxygen atoms in total. The smallest absolute Gasteiger partial charge is 0.319 e. The van der Waals surface area contributed by atoms with Gasteiger partial charge in [-0.1, -0.05) is 15.9 Å². The Bertz CT molecular complexity index is 492. The Labute approximate surface area is 144 Å². The fraction of sp³-hybridized carbons (Fsp3) is 0.429. The van der Waals surface area contributed by atoms with Crippen molar-refractivity contribution in [2.75, 3.05) is 25.0 Å². The van der Waals surface area contributed by atoms with Crippen molar-refractivity contribution in [1.29, 1.82) is 0 Å². The zero-order valence-electron chi connectivity index (χ0n) is 12.0. The van der Waals surface area contributed by atoms with Crippen LogP contribution < -0.4 is 21.3 Å². The first-order valence-corrected chi connectivity index (χ1v) is 7.73.